The predicted molar refractivity (Wildman–Crippen MR) is 126 cm³/mol. The Morgan fingerprint density at radius 3 is 2.34 bits per heavy atom. The molecule has 0 fully saturated rings. The van der Waals surface area contributed by atoms with Crippen LogP contribution in [0.5, 0.6) is 0 Å². The number of aryl methyl sites for hydroxylation is 3. The monoisotopic (exact) mass is 541 g/mol. The Balaban J connectivity index is 1.23. The van der Waals surface area contributed by atoms with Crippen molar-refractivity contribution in [1.82, 2.24) is 7.12 Å². The number of nitrogens with two attached hydrogens (primary N) is 1. The second-order valence-electron chi connectivity index (χ2n) is 7.04. The zero-order valence-corrected chi connectivity index (χ0v) is 20.5. The van der Waals surface area contributed by atoms with Crippen LogP contribution >= 0.6 is 11.8 Å². The Bertz CT molecular complexity index is 1270. The predicted octanol–water partition coefficient (Wildman–Crippen LogP) is 2.53. The Kier molecular flexibility index (Phi) is 6.57. The molecule has 29 heavy (non-hydrogen) atoms. The Morgan fingerprint density at radius 1 is 0.931 bits per heavy atom. The summed E-state index contributed by atoms with van der Waals surface area (Å²) in [5.74, 6) is 2.08. The molecule has 0 aliphatic heterocycles. The van der Waals surface area contributed by atoms with Crippen LogP contribution in [0.4, 0.5) is 5.69 Å². The van der Waals surface area contributed by atoms with Gasteiger partial charge in [0.25, 0.3) is 0 Å². The van der Waals surface area contributed by atoms with Crippen molar-refractivity contribution in [1.29, 1.82) is 0 Å². The number of thioether (sulfide) groups is 1. The number of fused-ring (bicyclic) bond motifs is 2. The molecule has 8 heteroatoms. The van der Waals surface area contributed by atoms with Crippen LogP contribution in [-0.2, 0) is 13.1 Å². The minimum absolute atomic E-state index is 0.00792. The second kappa shape index (κ2) is 9.15. The van der Waals surface area contributed by atoms with Gasteiger partial charge in [0.1, 0.15) is 0 Å². The zero-order chi connectivity index (χ0) is 20.4. The van der Waals surface area contributed by atoms with Gasteiger partial charge in [0, 0.05) is 0 Å². The number of rotatable bonds is 8. The number of aromatic nitrogens is 2. The molecule has 0 bridgehead atoms. The van der Waals surface area contributed by atoms with Crippen molar-refractivity contribution in [3.05, 3.63) is 62.7 Å². The first-order chi connectivity index (χ1) is 14.0. The molecule has 4 rings (SSSR count). The molecule has 2 heterocycles. The van der Waals surface area contributed by atoms with Gasteiger partial charge in [-0.2, -0.15) is 0 Å². The van der Waals surface area contributed by atoms with Crippen LogP contribution in [0.2, 0.25) is 0 Å². The summed E-state index contributed by atoms with van der Waals surface area (Å²) in [4.78, 5) is 24.9. The topological polar surface area (TPSA) is 70.0 Å². The van der Waals surface area contributed by atoms with Crippen LogP contribution in [0.15, 0.2) is 46.0 Å². The van der Waals surface area contributed by atoms with E-state index < -0.39 is 0 Å². The van der Waals surface area contributed by atoms with E-state index in [1.807, 2.05) is 49.2 Å². The van der Waals surface area contributed by atoms with Gasteiger partial charge < -0.3 is 0 Å². The van der Waals surface area contributed by atoms with Gasteiger partial charge in [-0.3, -0.25) is 0 Å². The van der Waals surface area contributed by atoms with Crippen molar-refractivity contribution in [2.24, 2.45) is 0 Å². The van der Waals surface area contributed by atoms with Crippen molar-refractivity contribution in [2.75, 3.05) is 17.2 Å². The molecule has 152 valence electrons. The molecule has 0 aliphatic carbocycles. The number of benzene rings is 2. The van der Waals surface area contributed by atoms with E-state index in [-0.39, 0.29) is 40.6 Å². The van der Waals surface area contributed by atoms with Crippen molar-refractivity contribution >= 4 is 66.2 Å². The number of hydrogen-bond donors (Lipinski definition) is 1. The summed E-state index contributed by atoms with van der Waals surface area (Å²) in [6, 6.07) is 11.7. The summed E-state index contributed by atoms with van der Waals surface area (Å²) in [6.07, 6.45) is 2.00. The van der Waals surface area contributed by atoms with Crippen molar-refractivity contribution in [3.8, 4) is 0 Å². The van der Waals surface area contributed by atoms with E-state index in [2.05, 4.69) is 13.0 Å². The third kappa shape index (κ3) is 4.52. The molecule has 0 saturated heterocycles. The summed E-state index contributed by atoms with van der Waals surface area (Å²) < 4.78 is 6.23. The Morgan fingerprint density at radius 2 is 1.62 bits per heavy atom. The first-order valence-electron chi connectivity index (χ1n) is 9.61. The molecule has 4 aromatic rings. The summed E-state index contributed by atoms with van der Waals surface area (Å²) in [6.45, 7) is 3.70. The maximum atomic E-state index is 12.5. The summed E-state index contributed by atoms with van der Waals surface area (Å²) in [5, 5.41) is 1.67. The fourth-order valence-electron chi connectivity index (χ4n) is 3.30. The molecule has 0 unspecified atom stereocenters. The van der Waals surface area contributed by atoms with E-state index in [9.17, 15) is 9.59 Å². The zero-order valence-electron chi connectivity index (χ0n) is 16.2. The number of anilines is 1. The van der Waals surface area contributed by atoms with Gasteiger partial charge in [-0.1, -0.05) is 0 Å². The fraction of sp³-hybridized carbons (Fsp3) is 0.333. The molecule has 0 atom stereocenters. The molecular formula is C21H23N3O2SSe2. The minimum atomic E-state index is 0.00792. The molecule has 0 amide bonds. The van der Waals surface area contributed by atoms with Gasteiger partial charge in [-0.25, -0.2) is 0 Å². The number of nitrogens with zero attached hydrogens (tertiary/aromatic N) is 2. The number of nitrogen functional groups attached to an aromatic ring is 1. The van der Waals surface area contributed by atoms with E-state index in [0.29, 0.717) is 0 Å². The maximum absolute atomic E-state index is 12.5. The Hall–Kier alpha value is -1.43. The normalized spacial score (nSPS) is 11.6. The van der Waals surface area contributed by atoms with Crippen molar-refractivity contribution in [3.63, 3.8) is 0 Å². The standard InChI is InChI=1S/C21H23N3O2SSe2/c1-14-7-8-15-18(13-14)28-23(20(15)25)9-3-11-27-12-4-10-24-21(26)16-5-2-6-17(22)19(16)29-24/h2,5-8,13H,3-4,9-12,22H2,1H3. The van der Waals surface area contributed by atoms with Crippen molar-refractivity contribution in [2.45, 2.75) is 32.9 Å². The van der Waals surface area contributed by atoms with Gasteiger partial charge in [-0.15, -0.1) is 0 Å². The van der Waals surface area contributed by atoms with Crippen LogP contribution in [0.1, 0.15) is 18.4 Å². The van der Waals surface area contributed by atoms with Gasteiger partial charge in [0.2, 0.25) is 0 Å². The van der Waals surface area contributed by atoms with Crippen LogP contribution in [0.3, 0.4) is 0 Å². The molecule has 2 aromatic heterocycles. The Labute approximate surface area is 185 Å². The van der Waals surface area contributed by atoms with Crippen LogP contribution in [0, 0.1) is 6.92 Å². The van der Waals surface area contributed by atoms with Crippen LogP contribution in [-0.4, -0.2) is 48.1 Å². The van der Waals surface area contributed by atoms with Crippen molar-refractivity contribution < 1.29 is 0 Å². The average Bonchev–Trinajstić information content (AvgIpc) is 3.19. The molecule has 5 nitrogen and oxygen atoms in total. The first kappa shape index (κ1) is 20.8. The second-order valence-corrected chi connectivity index (χ2v) is 12.7. The molecule has 0 spiro atoms. The van der Waals surface area contributed by atoms with E-state index in [1.165, 1.54) is 9.82 Å². The molecule has 2 N–H and O–H groups in total. The third-order valence-electron chi connectivity index (χ3n) is 4.81. The summed E-state index contributed by atoms with van der Waals surface area (Å²) in [7, 11) is 0. The van der Waals surface area contributed by atoms with Crippen LogP contribution in [0.25, 0.3) is 19.3 Å². The quantitative estimate of drug-likeness (QED) is 0.212. The van der Waals surface area contributed by atoms with Crippen LogP contribution < -0.4 is 16.9 Å². The van der Waals surface area contributed by atoms with E-state index in [1.54, 1.807) is 0 Å². The van der Waals surface area contributed by atoms with Gasteiger partial charge in [-0.05, 0) is 0 Å². The summed E-state index contributed by atoms with van der Waals surface area (Å²) >= 11 is 2.04. The number of hydrogen-bond acceptors (Lipinski definition) is 4. The SMILES string of the molecule is Cc1ccc2c(=O)n(CCCSCCCn3[se]c4c(N)cccc4c3=O)[se]c2c1. The van der Waals surface area contributed by atoms with Gasteiger partial charge >= 0.3 is 186 Å². The fourth-order valence-corrected chi connectivity index (χ4v) is 8.75. The van der Waals surface area contributed by atoms with E-state index in [4.69, 9.17) is 5.73 Å². The van der Waals surface area contributed by atoms with Gasteiger partial charge in [0.15, 0.2) is 0 Å². The first-order valence-corrected chi connectivity index (χ1v) is 14.0. The summed E-state index contributed by atoms with van der Waals surface area (Å²) in [5.41, 5.74) is 8.29. The molecule has 2 aromatic carbocycles. The molecule has 0 radical (unpaired) electrons. The molecular weight excluding hydrogens is 516 g/mol. The van der Waals surface area contributed by atoms with Gasteiger partial charge in [0.05, 0.1) is 0 Å². The van der Waals surface area contributed by atoms with E-state index >= 15 is 0 Å². The third-order valence-corrected chi connectivity index (χ3v) is 10.8. The van der Waals surface area contributed by atoms with E-state index in [0.717, 1.165) is 58.2 Å². The molecule has 0 aliphatic rings. The average molecular weight is 539 g/mol. The molecule has 0 saturated carbocycles.